The highest BCUT2D eigenvalue weighted by Gasteiger charge is 2.29. The molecule has 1 fully saturated rings. The van der Waals surface area contributed by atoms with E-state index < -0.39 is 5.82 Å². The Hall–Kier alpha value is -1.17. The van der Waals surface area contributed by atoms with Crippen LogP contribution in [0.25, 0.3) is 0 Å². The van der Waals surface area contributed by atoms with Crippen molar-refractivity contribution in [1.29, 1.82) is 0 Å². The summed E-state index contributed by atoms with van der Waals surface area (Å²) in [6.07, 6.45) is 1.52. The van der Waals surface area contributed by atoms with E-state index in [0.717, 1.165) is 19.4 Å². The Labute approximate surface area is 135 Å². The molecule has 0 bridgehead atoms. The lowest BCUT2D eigenvalue weighted by Gasteiger charge is -2.37. The first-order chi connectivity index (χ1) is 10.4. The zero-order chi connectivity index (χ0) is 16.3. The fourth-order valence-corrected chi connectivity index (χ4v) is 2.95. The van der Waals surface area contributed by atoms with E-state index in [1.165, 1.54) is 18.2 Å². The van der Waals surface area contributed by atoms with Crippen LogP contribution in [0.4, 0.5) is 10.1 Å². The molecule has 22 heavy (non-hydrogen) atoms. The van der Waals surface area contributed by atoms with Gasteiger partial charge in [-0.05, 0) is 57.4 Å². The molecule has 3 unspecified atom stereocenters. The first-order valence-corrected chi connectivity index (χ1v) is 7.94. The summed E-state index contributed by atoms with van der Waals surface area (Å²) < 4.78 is 13.7. The summed E-state index contributed by atoms with van der Waals surface area (Å²) in [5.41, 5.74) is 0.0911. The number of nitrogens with one attached hydrogen (secondary N) is 1. The van der Waals surface area contributed by atoms with Gasteiger partial charge in [-0.25, -0.2) is 4.39 Å². The summed E-state index contributed by atoms with van der Waals surface area (Å²) in [4.78, 5) is 14.4. The van der Waals surface area contributed by atoms with Gasteiger partial charge in [0.2, 0.25) is 5.91 Å². The average Bonchev–Trinajstić information content (AvgIpc) is 2.50. The third-order valence-electron chi connectivity index (χ3n) is 4.28. The van der Waals surface area contributed by atoms with Crippen molar-refractivity contribution in [2.75, 3.05) is 18.4 Å². The third kappa shape index (κ3) is 4.18. The third-order valence-corrected chi connectivity index (χ3v) is 4.52. The molecular weight excluding hydrogens is 307 g/mol. The molecule has 4 nitrogen and oxygen atoms in total. The maximum Gasteiger partial charge on any atom is 0.241 e. The summed E-state index contributed by atoms with van der Waals surface area (Å²) in [5.74, 6) is -0.607. The van der Waals surface area contributed by atoms with Crippen LogP contribution in [0.1, 0.15) is 26.7 Å². The Morgan fingerprint density at radius 1 is 1.50 bits per heavy atom. The van der Waals surface area contributed by atoms with Gasteiger partial charge in [-0.2, -0.15) is 0 Å². The molecular formula is C16H22ClFN2O2. The van der Waals surface area contributed by atoms with Crippen LogP contribution in [0.5, 0.6) is 0 Å². The summed E-state index contributed by atoms with van der Waals surface area (Å²) in [5, 5.41) is 12.7. The van der Waals surface area contributed by atoms with Crippen LogP contribution in [0.15, 0.2) is 18.2 Å². The van der Waals surface area contributed by atoms with Gasteiger partial charge in [0.1, 0.15) is 5.82 Å². The van der Waals surface area contributed by atoms with E-state index in [2.05, 4.69) is 5.32 Å². The minimum Gasteiger partial charge on any atom is -0.393 e. The predicted octanol–water partition coefficient (Wildman–Crippen LogP) is 2.90. The van der Waals surface area contributed by atoms with Crippen molar-refractivity contribution in [3.05, 3.63) is 29.0 Å². The minimum absolute atomic E-state index is 0.0911. The monoisotopic (exact) mass is 328 g/mol. The van der Waals surface area contributed by atoms with Crippen molar-refractivity contribution in [2.24, 2.45) is 5.92 Å². The molecule has 2 rings (SSSR count). The van der Waals surface area contributed by atoms with Crippen LogP contribution in [-0.2, 0) is 4.79 Å². The molecule has 0 spiro atoms. The lowest BCUT2D eigenvalue weighted by Crippen LogP contribution is -2.48. The Balaban J connectivity index is 2.01. The number of carbonyl (C=O) groups excluding carboxylic acids is 1. The Bertz CT molecular complexity index is 539. The number of anilines is 1. The number of halogens is 2. The van der Waals surface area contributed by atoms with Gasteiger partial charge in [0.25, 0.3) is 0 Å². The molecule has 122 valence electrons. The van der Waals surface area contributed by atoms with Gasteiger partial charge in [-0.3, -0.25) is 9.69 Å². The van der Waals surface area contributed by atoms with Gasteiger partial charge in [0.05, 0.1) is 17.8 Å². The van der Waals surface area contributed by atoms with Gasteiger partial charge in [0, 0.05) is 11.6 Å². The van der Waals surface area contributed by atoms with Crippen molar-refractivity contribution in [1.82, 2.24) is 4.90 Å². The lowest BCUT2D eigenvalue weighted by molar-refractivity contribution is -0.121. The smallest absolute Gasteiger partial charge is 0.241 e. The van der Waals surface area contributed by atoms with Crippen molar-refractivity contribution < 1.29 is 14.3 Å². The van der Waals surface area contributed by atoms with Crippen LogP contribution in [0.2, 0.25) is 5.02 Å². The fraction of sp³-hybridized carbons (Fsp3) is 0.562. The highest BCUT2D eigenvalue weighted by Crippen LogP contribution is 2.23. The standard InChI is InChI=1S/C16H22ClFN2O2/c1-10(20-7-3-4-12(9-20)11(2)21)16(22)19-15-8-13(17)5-6-14(15)18/h5-6,8,10-12,21H,3-4,7,9H2,1-2H3,(H,19,22). The van der Waals surface area contributed by atoms with E-state index >= 15 is 0 Å². The van der Waals surface area contributed by atoms with Gasteiger partial charge >= 0.3 is 0 Å². The molecule has 0 aromatic heterocycles. The Kier molecular flexibility index (Phi) is 5.78. The zero-order valence-electron chi connectivity index (χ0n) is 12.9. The SMILES string of the molecule is CC(O)C1CCCN(C(C)C(=O)Nc2cc(Cl)ccc2F)C1. The van der Waals surface area contributed by atoms with Gasteiger partial charge in [-0.15, -0.1) is 0 Å². The second-order valence-electron chi connectivity index (χ2n) is 5.93. The van der Waals surface area contributed by atoms with Crippen molar-refractivity contribution in [2.45, 2.75) is 38.8 Å². The van der Waals surface area contributed by atoms with Gasteiger partial charge in [-0.1, -0.05) is 11.6 Å². The van der Waals surface area contributed by atoms with Gasteiger partial charge < -0.3 is 10.4 Å². The molecule has 1 saturated heterocycles. The summed E-state index contributed by atoms with van der Waals surface area (Å²) in [7, 11) is 0. The van der Waals surface area contributed by atoms with E-state index in [0.29, 0.717) is 11.6 Å². The molecule has 1 aliphatic heterocycles. The quantitative estimate of drug-likeness (QED) is 0.893. The van der Waals surface area contributed by atoms with Crippen molar-refractivity contribution in [3.8, 4) is 0 Å². The maximum absolute atomic E-state index is 13.7. The minimum atomic E-state index is -0.509. The number of hydrogen-bond acceptors (Lipinski definition) is 3. The number of benzene rings is 1. The summed E-state index contributed by atoms with van der Waals surface area (Å²) in [6, 6.07) is 3.68. The second-order valence-corrected chi connectivity index (χ2v) is 6.36. The van der Waals surface area contributed by atoms with E-state index in [1.54, 1.807) is 13.8 Å². The van der Waals surface area contributed by atoms with E-state index in [9.17, 15) is 14.3 Å². The largest absolute Gasteiger partial charge is 0.393 e. The summed E-state index contributed by atoms with van der Waals surface area (Å²) in [6.45, 7) is 5.04. The normalized spacial score (nSPS) is 22.1. The van der Waals surface area contributed by atoms with E-state index in [4.69, 9.17) is 11.6 Å². The molecule has 1 aromatic carbocycles. The van der Waals surface area contributed by atoms with Crippen LogP contribution in [0, 0.1) is 11.7 Å². The number of amides is 1. The number of nitrogens with zero attached hydrogens (tertiary/aromatic N) is 1. The number of aliphatic hydroxyl groups excluding tert-OH is 1. The molecule has 6 heteroatoms. The molecule has 0 radical (unpaired) electrons. The molecule has 0 saturated carbocycles. The molecule has 1 heterocycles. The number of piperidine rings is 1. The topological polar surface area (TPSA) is 52.6 Å². The molecule has 0 aliphatic carbocycles. The number of hydrogen-bond donors (Lipinski definition) is 2. The molecule has 3 atom stereocenters. The predicted molar refractivity (Wildman–Crippen MR) is 85.5 cm³/mol. The average molecular weight is 329 g/mol. The Morgan fingerprint density at radius 3 is 2.91 bits per heavy atom. The molecule has 2 N–H and O–H groups in total. The number of rotatable bonds is 4. The number of likely N-dealkylation sites (tertiary alicyclic amines) is 1. The zero-order valence-corrected chi connectivity index (χ0v) is 13.6. The summed E-state index contributed by atoms with van der Waals surface area (Å²) >= 11 is 5.83. The van der Waals surface area contributed by atoms with Crippen molar-refractivity contribution in [3.63, 3.8) is 0 Å². The van der Waals surface area contributed by atoms with E-state index in [-0.39, 0.29) is 29.7 Å². The highest BCUT2D eigenvalue weighted by molar-refractivity contribution is 6.30. The maximum atomic E-state index is 13.7. The first kappa shape index (κ1) is 17.2. The van der Waals surface area contributed by atoms with Crippen LogP contribution in [-0.4, -0.2) is 41.1 Å². The molecule has 1 amide bonds. The van der Waals surface area contributed by atoms with Crippen molar-refractivity contribution >= 4 is 23.2 Å². The van der Waals surface area contributed by atoms with Crippen LogP contribution in [0.3, 0.4) is 0 Å². The van der Waals surface area contributed by atoms with Crippen LogP contribution < -0.4 is 5.32 Å². The second kappa shape index (κ2) is 7.40. The van der Waals surface area contributed by atoms with E-state index in [1.807, 2.05) is 4.90 Å². The Morgan fingerprint density at radius 2 is 2.23 bits per heavy atom. The first-order valence-electron chi connectivity index (χ1n) is 7.56. The lowest BCUT2D eigenvalue weighted by atomic mass is 9.92. The number of carbonyl (C=O) groups is 1. The highest BCUT2D eigenvalue weighted by atomic mass is 35.5. The van der Waals surface area contributed by atoms with Crippen LogP contribution >= 0.6 is 11.6 Å². The van der Waals surface area contributed by atoms with Gasteiger partial charge in [0.15, 0.2) is 0 Å². The fourth-order valence-electron chi connectivity index (χ4n) is 2.78. The molecule has 1 aromatic rings. The number of aliphatic hydroxyl groups is 1. The molecule has 1 aliphatic rings.